The molecule has 3 heteroatoms. The summed E-state index contributed by atoms with van der Waals surface area (Å²) in [7, 11) is 0. The predicted molar refractivity (Wildman–Crippen MR) is 43.7 cm³/mol. The zero-order chi connectivity index (χ0) is 8.27. The number of nitrogens with two attached hydrogens (primary N) is 2. The normalized spacial score (nSPS) is 32.8. The van der Waals surface area contributed by atoms with Gasteiger partial charge in [0.25, 0.3) is 0 Å². The molecule has 2 atom stereocenters. The first-order valence-corrected chi connectivity index (χ1v) is 4.25. The zero-order valence-electron chi connectivity index (χ0n) is 6.75. The van der Waals surface area contributed by atoms with Gasteiger partial charge in [0.15, 0.2) is 0 Å². The van der Waals surface area contributed by atoms with Gasteiger partial charge in [-0.2, -0.15) is 0 Å². The molecule has 1 fully saturated rings. The maximum absolute atomic E-state index is 10.8. The number of rotatable bonds is 1. The molecular formula is C8H16N2O. The molecule has 1 amide bonds. The van der Waals surface area contributed by atoms with Gasteiger partial charge in [-0.25, -0.2) is 0 Å². The molecule has 2 unspecified atom stereocenters. The van der Waals surface area contributed by atoms with E-state index >= 15 is 0 Å². The second-order valence-corrected chi connectivity index (χ2v) is 3.37. The van der Waals surface area contributed by atoms with Crippen molar-refractivity contribution < 1.29 is 4.79 Å². The van der Waals surface area contributed by atoms with Crippen molar-refractivity contribution in [3.05, 3.63) is 0 Å². The largest absolute Gasteiger partial charge is 0.369 e. The summed E-state index contributed by atoms with van der Waals surface area (Å²) < 4.78 is 0. The van der Waals surface area contributed by atoms with Gasteiger partial charge in [0.05, 0.1) is 0 Å². The molecule has 1 aliphatic rings. The van der Waals surface area contributed by atoms with Crippen LogP contribution in [0.2, 0.25) is 0 Å². The van der Waals surface area contributed by atoms with Crippen molar-refractivity contribution in [3.8, 4) is 0 Å². The van der Waals surface area contributed by atoms with Crippen LogP contribution in [-0.4, -0.2) is 11.9 Å². The fourth-order valence-electron chi connectivity index (χ4n) is 1.61. The fourth-order valence-corrected chi connectivity index (χ4v) is 1.61. The molecule has 64 valence electrons. The summed E-state index contributed by atoms with van der Waals surface area (Å²) in [4.78, 5) is 10.8. The highest BCUT2D eigenvalue weighted by atomic mass is 16.1. The van der Waals surface area contributed by atoms with Gasteiger partial charge in [-0.1, -0.05) is 6.42 Å². The lowest BCUT2D eigenvalue weighted by Crippen LogP contribution is -2.23. The van der Waals surface area contributed by atoms with E-state index in [0.29, 0.717) is 6.04 Å². The molecule has 1 rings (SSSR count). The molecule has 0 aromatic carbocycles. The van der Waals surface area contributed by atoms with Gasteiger partial charge in [0.1, 0.15) is 0 Å². The number of amides is 1. The summed E-state index contributed by atoms with van der Waals surface area (Å²) in [6, 6.07) is 0.291. The first-order chi connectivity index (χ1) is 5.20. The van der Waals surface area contributed by atoms with Gasteiger partial charge < -0.3 is 11.5 Å². The van der Waals surface area contributed by atoms with E-state index in [-0.39, 0.29) is 11.8 Å². The van der Waals surface area contributed by atoms with Gasteiger partial charge in [-0.3, -0.25) is 4.79 Å². The molecule has 3 nitrogen and oxygen atoms in total. The summed E-state index contributed by atoms with van der Waals surface area (Å²) in [6.45, 7) is 0. The van der Waals surface area contributed by atoms with Crippen LogP contribution in [0.4, 0.5) is 0 Å². The smallest absolute Gasteiger partial charge is 0.220 e. The Morgan fingerprint density at radius 3 is 2.55 bits per heavy atom. The van der Waals surface area contributed by atoms with Gasteiger partial charge in [0, 0.05) is 12.0 Å². The van der Waals surface area contributed by atoms with Crippen molar-refractivity contribution in [1.82, 2.24) is 0 Å². The third-order valence-electron chi connectivity index (χ3n) is 2.42. The van der Waals surface area contributed by atoms with Gasteiger partial charge in [-0.05, 0) is 25.7 Å². The van der Waals surface area contributed by atoms with E-state index < -0.39 is 0 Å². The van der Waals surface area contributed by atoms with Crippen molar-refractivity contribution in [2.75, 3.05) is 0 Å². The number of primary amides is 1. The van der Waals surface area contributed by atoms with Crippen LogP contribution in [0.15, 0.2) is 0 Å². The Morgan fingerprint density at radius 2 is 1.91 bits per heavy atom. The van der Waals surface area contributed by atoms with Crippen LogP contribution in [-0.2, 0) is 4.79 Å². The Bertz CT molecular complexity index is 147. The van der Waals surface area contributed by atoms with Crippen LogP contribution < -0.4 is 11.5 Å². The first kappa shape index (κ1) is 8.53. The Kier molecular flexibility index (Phi) is 2.88. The molecule has 11 heavy (non-hydrogen) atoms. The Hall–Kier alpha value is -0.570. The number of hydrogen-bond acceptors (Lipinski definition) is 2. The third-order valence-corrected chi connectivity index (χ3v) is 2.42. The van der Waals surface area contributed by atoms with Crippen LogP contribution in [0.25, 0.3) is 0 Å². The van der Waals surface area contributed by atoms with E-state index in [2.05, 4.69) is 0 Å². The minimum Gasteiger partial charge on any atom is -0.369 e. The maximum Gasteiger partial charge on any atom is 0.220 e. The molecule has 0 aromatic heterocycles. The predicted octanol–water partition coefficient (Wildman–Crippen LogP) is 0.379. The zero-order valence-corrected chi connectivity index (χ0v) is 6.75. The second-order valence-electron chi connectivity index (χ2n) is 3.37. The molecule has 0 heterocycles. The van der Waals surface area contributed by atoms with E-state index in [1.54, 1.807) is 0 Å². The van der Waals surface area contributed by atoms with Crippen LogP contribution >= 0.6 is 0 Å². The van der Waals surface area contributed by atoms with Crippen molar-refractivity contribution in [2.24, 2.45) is 17.4 Å². The molecule has 0 aliphatic heterocycles. The molecule has 0 spiro atoms. The third kappa shape index (κ3) is 2.50. The summed E-state index contributed by atoms with van der Waals surface area (Å²) in [5.41, 5.74) is 10.9. The lowest BCUT2D eigenvalue weighted by atomic mass is 10.00. The van der Waals surface area contributed by atoms with Gasteiger partial charge >= 0.3 is 0 Å². The summed E-state index contributed by atoms with van der Waals surface area (Å²) in [6.07, 6.45) is 4.87. The van der Waals surface area contributed by atoms with E-state index in [0.717, 1.165) is 32.1 Å². The minimum absolute atomic E-state index is 0.0866. The van der Waals surface area contributed by atoms with E-state index in [9.17, 15) is 4.79 Å². The van der Waals surface area contributed by atoms with Gasteiger partial charge in [-0.15, -0.1) is 0 Å². The highest BCUT2D eigenvalue weighted by Crippen LogP contribution is 2.21. The summed E-state index contributed by atoms with van der Waals surface area (Å²) >= 11 is 0. The van der Waals surface area contributed by atoms with Crippen LogP contribution in [0.1, 0.15) is 32.1 Å². The molecule has 4 N–H and O–H groups in total. The average molecular weight is 156 g/mol. The quantitative estimate of drug-likeness (QED) is 0.539. The lowest BCUT2D eigenvalue weighted by molar-refractivity contribution is -0.122. The molecule has 1 aliphatic carbocycles. The summed E-state index contributed by atoms with van der Waals surface area (Å²) in [5, 5.41) is 0. The van der Waals surface area contributed by atoms with E-state index in [1.807, 2.05) is 0 Å². The minimum atomic E-state index is -0.154. The van der Waals surface area contributed by atoms with Crippen molar-refractivity contribution in [2.45, 2.75) is 38.1 Å². The lowest BCUT2D eigenvalue weighted by Gasteiger charge is -2.08. The topological polar surface area (TPSA) is 69.1 Å². The van der Waals surface area contributed by atoms with Crippen molar-refractivity contribution >= 4 is 5.91 Å². The number of carbonyl (C=O) groups is 1. The maximum atomic E-state index is 10.8. The molecule has 1 saturated carbocycles. The van der Waals surface area contributed by atoms with E-state index in [1.165, 1.54) is 0 Å². The van der Waals surface area contributed by atoms with Crippen LogP contribution in [0, 0.1) is 5.92 Å². The highest BCUT2D eigenvalue weighted by Gasteiger charge is 2.19. The molecule has 0 bridgehead atoms. The Balaban J connectivity index is 2.40. The average Bonchev–Trinajstić information content (AvgIpc) is 2.13. The molecular weight excluding hydrogens is 140 g/mol. The molecule has 0 saturated heterocycles. The van der Waals surface area contributed by atoms with Crippen molar-refractivity contribution in [3.63, 3.8) is 0 Å². The SMILES string of the molecule is NC(=O)C1CCCC(N)CC1. The molecule has 0 aromatic rings. The number of carbonyl (C=O) groups excluding carboxylic acids is 1. The van der Waals surface area contributed by atoms with Crippen molar-refractivity contribution in [1.29, 1.82) is 0 Å². The second kappa shape index (κ2) is 3.72. The molecule has 0 radical (unpaired) electrons. The Labute approximate surface area is 67.1 Å². The highest BCUT2D eigenvalue weighted by molar-refractivity contribution is 5.76. The standard InChI is InChI=1S/C8H16N2O/c9-7-3-1-2-6(4-5-7)8(10)11/h6-7H,1-5,9H2,(H2,10,11). The monoisotopic (exact) mass is 156 g/mol. The number of hydrogen-bond donors (Lipinski definition) is 2. The Morgan fingerprint density at radius 1 is 1.18 bits per heavy atom. The summed E-state index contributed by atoms with van der Waals surface area (Å²) in [5.74, 6) is -0.0670. The van der Waals surface area contributed by atoms with E-state index in [4.69, 9.17) is 11.5 Å². The fraction of sp³-hybridized carbons (Fsp3) is 0.875. The van der Waals surface area contributed by atoms with Gasteiger partial charge in [0.2, 0.25) is 5.91 Å². The first-order valence-electron chi connectivity index (χ1n) is 4.25. The van der Waals surface area contributed by atoms with Crippen LogP contribution in [0.5, 0.6) is 0 Å². The van der Waals surface area contributed by atoms with Crippen LogP contribution in [0.3, 0.4) is 0 Å².